The van der Waals surface area contributed by atoms with Crippen LogP contribution in [-0.2, 0) is 16.0 Å². The number of ether oxygens (including phenoxy) is 2. The van der Waals surface area contributed by atoms with Crippen molar-refractivity contribution in [3.8, 4) is 0 Å². The highest BCUT2D eigenvalue weighted by atomic mass is 16.7. The highest BCUT2D eigenvalue weighted by Crippen LogP contribution is 2.19. The first kappa shape index (κ1) is 15.1. The third-order valence-corrected chi connectivity index (χ3v) is 2.74. The summed E-state index contributed by atoms with van der Waals surface area (Å²) in [5.41, 5.74) is 0. The first-order chi connectivity index (χ1) is 8.78. The second-order valence-electron chi connectivity index (χ2n) is 4.02. The molecule has 1 heterocycles. The summed E-state index contributed by atoms with van der Waals surface area (Å²) in [6.07, 6.45) is 4.60. The van der Waals surface area contributed by atoms with E-state index in [1.165, 1.54) is 0 Å². The van der Waals surface area contributed by atoms with Gasteiger partial charge in [0.25, 0.3) is 0 Å². The van der Waals surface area contributed by atoms with Gasteiger partial charge in [-0.2, -0.15) is 0 Å². The van der Waals surface area contributed by atoms with Crippen LogP contribution in [0.1, 0.15) is 39.1 Å². The van der Waals surface area contributed by atoms with Gasteiger partial charge < -0.3 is 19.4 Å². The Balaban J connectivity index is 2.87. The van der Waals surface area contributed by atoms with Crippen LogP contribution in [0, 0.1) is 0 Å². The topological polar surface area (TPSA) is 48.3 Å². The zero-order valence-corrected chi connectivity index (χ0v) is 11.8. The first-order valence-corrected chi connectivity index (χ1v) is 6.69. The van der Waals surface area contributed by atoms with E-state index in [2.05, 4.69) is 21.8 Å². The molecule has 0 saturated carbocycles. The van der Waals surface area contributed by atoms with E-state index in [9.17, 15) is 0 Å². The van der Waals surface area contributed by atoms with Gasteiger partial charge in [0, 0.05) is 32.2 Å². The van der Waals surface area contributed by atoms with Gasteiger partial charge in [-0.1, -0.05) is 6.92 Å². The average molecular weight is 255 g/mol. The molecule has 1 N–H and O–H groups in total. The molecule has 1 rings (SSSR count). The minimum atomic E-state index is -0.303. The Labute approximate surface area is 109 Å². The number of nitrogens with zero attached hydrogens (tertiary/aromatic N) is 2. The molecule has 0 amide bonds. The van der Waals surface area contributed by atoms with Crippen LogP contribution in [0.5, 0.6) is 0 Å². The van der Waals surface area contributed by atoms with Crippen molar-refractivity contribution in [1.29, 1.82) is 0 Å². The number of hydrogen-bond donors (Lipinski definition) is 1. The molecule has 0 bridgehead atoms. The smallest absolute Gasteiger partial charge is 0.179 e. The highest BCUT2D eigenvalue weighted by molar-refractivity contribution is 5.01. The maximum absolute atomic E-state index is 5.65. The lowest BCUT2D eigenvalue weighted by atomic mass is 10.2. The van der Waals surface area contributed by atoms with Gasteiger partial charge >= 0.3 is 0 Å². The van der Waals surface area contributed by atoms with Crippen LogP contribution in [0.4, 0.5) is 0 Å². The predicted molar refractivity (Wildman–Crippen MR) is 71.4 cm³/mol. The van der Waals surface area contributed by atoms with Gasteiger partial charge in [-0.25, -0.2) is 4.98 Å². The summed E-state index contributed by atoms with van der Waals surface area (Å²) in [5, 5.41) is 3.24. The van der Waals surface area contributed by atoms with Crippen LogP contribution < -0.4 is 5.32 Å². The normalized spacial score (nSPS) is 13.2. The summed E-state index contributed by atoms with van der Waals surface area (Å²) >= 11 is 0. The van der Waals surface area contributed by atoms with Gasteiger partial charge in [-0.3, -0.25) is 0 Å². The fourth-order valence-electron chi connectivity index (χ4n) is 1.99. The Bertz CT molecular complexity index is 322. The molecule has 1 unspecified atom stereocenters. The lowest BCUT2D eigenvalue weighted by Gasteiger charge is -2.26. The number of nitrogens with one attached hydrogen (secondary N) is 1. The molecule has 0 saturated heterocycles. The molecule has 1 aromatic rings. The van der Waals surface area contributed by atoms with Crippen molar-refractivity contribution in [3.05, 3.63) is 18.2 Å². The highest BCUT2D eigenvalue weighted by Gasteiger charge is 2.26. The van der Waals surface area contributed by atoms with Crippen LogP contribution in [-0.4, -0.2) is 36.1 Å². The molecular weight excluding hydrogens is 230 g/mol. The molecule has 0 fully saturated rings. The van der Waals surface area contributed by atoms with E-state index >= 15 is 0 Å². The van der Waals surface area contributed by atoms with Crippen molar-refractivity contribution in [1.82, 2.24) is 14.9 Å². The molecule has 1 aromatic heterocycles. The van der Waals surface area contributed by atoms with E-state index in [0.717, 1.165) is 18.8 Å². The fraction of sp³-hybridized carbons (Fsp3) is 0.769. The van der Waals surface area contributed by atoms with Gasteiger partial charge in [0.1, 0.15) is 11.9 Å². The number of imidazole rings is 1. The number of likely N-dealkylation sites (N-methyl/N-ethyl adjacent to an activating group) is 1. The quantitative estimate of drug-likeness (QED) is 0.685. The lowest BCUT2D eigenvalue weighted by molar-refractivity contribution is -0.156. The van der Waals surface area contributed by atoms with Crippen molar-refractivity contribution in [2.75, 3.05) is 20.3 Å². The zero-order valence-electron chi connectivity index (χ0n) is 11.8. The molecule has 5 nitrogen and oxygen atoms in total. The predicted octanol–water partition coefficient (Wildman–Crippen LogP) is 1.95. The Morgan fingerprint density at radius 2 is 1.94 bits per heavy atom. The third-order valence-electron chi connectivity index (χ3n) is 2.74. The number of rotatable bonds is 9. The van der Waals surface area contributed by atoms with Crippen molar-refractivity contribution >= 4 is 0 Å². The maximum Gasteiger partial charge on any atom is 0.179 e. The van der Waals surface area contributed by atoms with Gasteiger partial charge in [-0.15, -0.1) is 0 Å². The molecule has 18 heavy (non-hydrogen) atoms. The Kier molecular flexibility index (Phi) is 6.93. The second-order valence-corrected chi connectivity index (χ2v) is 4.02. The molecule has 5 heteroatoms. The summed E-state index contributed by atoms with van der Waals surface area (Å²) in [4.78, 5) is 4.43. The molecule has 0 radical (unpaired) electrons. The Morgan fingerprint density at radius 1 is 1.28 bits per heavy atom. The minimum Gasteiger partial charge on any atom is -0.351 e. The summed E-state index contributed by atoms with van der Waals surface area (Å²) in [6, 6.07) is -0.0496. The van der Waals surface area contributed by atoms with Gasteiger partial charge in [0.05, 0.1) is 0 Å². The Morgan fingerprint density at radius 3 is 2.44 bits per heavy atom. The van der Waals surface area contributed by atoms with Crippen LogP contribution in [0.3, 0.4) is 0 Å². The summed E-state index contributed by atoms with van der Waals surface area (Å²) < 4.78 is 13.5. The third kappa shape index (κ3) is 3.80. The number of aromatic nitrogens is 2. The summed E-state index contributed by atoms with van der Waals surface area (Å²) in [6.45, 7) is 8.29. The largest absolute Gasteiger partial charge is 0.351 e. The van der Waals surface area contributed by atoms with Crippen molar-refractivity contribution in [2.24, 2.45) is 0 Å². The standard InChI is InChI=1S/C13H25N3O2/c1-5-9-16-10-8-15-12(16)11(14-4)13(17-6-2)18-7-3/h8,10-11,13-14H,5-7,9H2,1-4H3. The molecule has 0 aromatic carbocycles. The van der Waals surface area contributed by atoms with E-state index in [-0.39, 0.29) is 12.3 Å². The molecule has 0 aliphatic carbocycles. The van der Waals surface area contributed by atoms with Crippen LogP contribution >= 0.6 is 0 Å². The van der Waals surface area contributed by atoms with Crippen molar-refractivity contribution in [2.45, 2.75) is 46.1 Å². The van der Waals surface area contributed by atoms with Crippen LogP contribution in [0.25, 0.3) is 0 Å². The lowest BCUT2D eigenvalue weighted by Crippen LogP contribution is -2.36. The number of aryl methyl sites for hydroxylation is 1. The van der Waals surface area contributed by atoms with E-state index < -0.39 is 0 Å². The fourth-order valence-corrected chi connectivity index (χ4v) is 1.99. The van der Waals surface area contributed by atoms with Gasteiger partial charge in [0.15, 0.2) is 6.29 Å². The van der Waals surface area contributed by atoms with Crippen LogP contribution in [0.15, 0.2) is 12.4 Å². The Hall–Kier alpha value is -0.910. The summed E-state index contributed by atoms with van der Waals surface area (Å²) in [7, 11) is 1.90. The molecular formula is C13H25N3O2. The molecule has 0 aliphatic heterocycles. The molecule has 0 aliphatic rings. The molecule has 1 atom stereocenters. The van der Waals surface area contributed by atoms with Crippen molar-refractivity contribution in [3.63, 3.8) is 0 Å². The minimum absolute atomic E-state index is 0.0496. The average Bonchev–Trinajstić information content (AvgIpc) is 2.80. The second kappa shape index (κ2) is 8.24. The zero-order chi connectivity index (χ0) is 13.4. The number of hydrogen-bond acceptors (Lipinski definition) is 4. The van der Waals surface area contributed by atoms with E-state index in [1.54, 1.807) is 0 Å². The van der Waals surface area contributed by atoms with Crippen LogP contribution in [0.2, 0.25) is 0 Å². The summed E-state index contributed by atoms with van der Waals surface area (Å²) in [5.74, 6) is 0.964. The maximum atomic E-state index is 5.65. The van der Waals surface area contributed by atoms with Crippen molar-refractivity contribution < 1.29 is 9.47 Å². The SMILES string of the molecule is CCCn1ccnc1C(NC)C(OCC)OCC. The van der Waals surface area contributed by atoms with E-state index in [1.807, 2.05) is 33.3 Å². The first-order valence-electron chi connectivity index (χ1n) is 6.69. The van der Waals surface area contributed by atoms with E-state index in [4.69, 9.17) is 9.47 Å². The molecule has 104 valence electrons. The van der Waals surface area contributed by atoms with E-state index in [0.29, 0.717) is 13.2 Å². The monoisotopic (exact) mass is 255 g/mol. The molecule has 0 spiro atoms. The van der Waals surface area contributed by atoms with Gasteiger partial charge in [-0.05, 0) is 27.3 Å². The van der Waals surface area contributed by atoms with Gasteiger partial charge in [0.2, 0.25) is 0 Å².